The fourth-order valence-corrected chi connectivity index (χ4v) is 2.80. The Bertz CT molecular complexity index is 644. The quantitative estimate of drug-likeness (QED) is 0.678. The van der Waals surface area contributed by atoms with Gasteiger partial charge in [-0.2, -0.15) is 0 Å². The molecule has 24 heavy (non-hydrogen) atoms. The van der Waals surface area contributed by atoms with E-state index in [-0.39, 0.29) is 0 Å². The predicted molar refractivity (Wildman–Crippen MR) is 100 cm³/mol. The van der Waals surface area contributed by atoms with Crippen molar-refractivity contribution in [3.63, 3.8) is 0 Å². The minimum atomic E-state index is 0.665. The summed E-state index contributed by atoms with van der Waals surface area (Å²) in [6, 6.07) is 12.0. The highest BCUT2D eigenvalue weighted by atomic mass is 79.9. The van der Waals surface area contributed by atoms with Crippen molar-refractivity contribution in [2.24, 2.45) is 0 Å². The fraction of sp³-hybridized carbons (Fsp3) is 0.368. The lowest BCUT2D eigenvalue weighted by molar-refractivity contribution is 0.290. The molecule has 0 aliphatic heterocycles. The number of benzene rings is 2. The summed E-state index contributed by atoms with van der Waals surface area (Å²) in [5.41, 5.74) is 2.27. The Morgan fingerprint density at radius 3 is 2.33 bits per heavy atom. The predicted octanol–water partition coefficient (Wildman–Crippen LogP) is 4.54. The molecule has 0 amide bonds. The maximum Gasteiger partial charge on any atom is 0.166 e. The number of rotatable bonds is 9. The minimum absolute atomic E-state index is 0.665. The zero-order valence-corrected chi connectivity index (χ0v) is 16.0. The van der Waals surface area contributed by atoms with Gasteiger partial charge in [-0.25, -0.2) is 0 Å². The molecule has 4 nitrogen and oxygen atoms in total. The first-order valence-corrected chi connectivity index (χ1v) is 8.80. The molecule has 0 unspecified atom stereocenters. The molecular weight excluding hydrogens is 370 g/mol. The Hall–Kier alpha value is -1.72. The molecule has 0 fully saturated rings. The van der Waals surface area contributed by atoms with Gasteiger partial charge in [-0.15, -0.1) is 0 Å². The van der Waals surface area contributed by atoms with Gasteiger partial charge in [0.15, 0.2) is 11.5 Å². The Morgan fingerprint density at radius 2 is 1.71 bits per heavy atom. The van der Waals surface area contributed by atoms with Crippen LogP contribution in [-0.2, 0) is 13.1 Å². The normalized spacial score (nSPS) is 10.5. The molecule has 2 aromatic carbocycles. The maximum absolute atomic E-state index is 5.91. The average Bonchev–Trinajstić information content (AvgIpc) is 2.62. The third-order valence-electron chi connectivity index (χ3n) is 3.63. The Kier molecular flexibility index (Phi) is 7.40. The van der Waals surface area contributed by atoms with Crippen molar-refractivity contribution in [3.05, 3.63) is 52.0 Å². The van der Waals surface area contributed by atoms with Gasteiger partial charge >= 0.3 is 0 Å². The van der Waals surface area contributed by atoms with Crippen molar-refractivity contribution in [2.45, 2.75) is 26.4 Å². The summed E-state index contributed by atoms with van der Waals surface area (Å²) < 4.78 is 17.5. The zero-order chi connectivity index (χ0) is 17.4. The summed E-state index contributed by atoms with van der Waals surface area (Å²) in [7, 11) is 3.34. The second kappa shape index (κ2) is 9.55. The van der Waals surface area contributed by atoms with Crippen LogP contribution in [0.1, 0.15) is 24.5 Å². The second-order valence-corrected chi connectivity index (χ2v) is 6.21. The van der Waals surface area contributed by atoms with Crippen LogP contribution in [0.25, 0.3) is 0 Å². The Labute approximate surface area is 152 Å². The molecule has 2 aromatic rings. The maximum atomic E-state index is 5.91. The summed E-state index contributed by atoms with van der Waals surface area (Å²) >= 11 is 3.62. The standard InChI is InChI=1S/C19H24BrNO3/c1-4-11-24-19-16(17(20)9-10-18(19)23-3)13-21-12-14-5-7-15(22-2)8-6-14/h5-10,21H,4,11-13H2,1-3H3. The van der Waals surface area contributed by atoms with Gasteiger partial charge in [-0.3, -0.25) is 0 Å². The van der Waals surface area contributed by atoms with Gasteiger partial charge in [0.1, 0.15) is 5.75 Å². The molecule has 0 aliphatic carbocycles. The van der Waals surface area contributed by atoms with Crippen LogP contribution in [0, 0.1) is 0 Å². The number of halogens is 1. The number of ether oxygens (including phenoxy) is 3. The molecular formula is C19H24BrNO3. The molecule has 0 atom stereocenters. The Morgan fingerprint density at radius 1 is 0.958 bits per heavy atom. The zero-order valence-electron chi connectivity index (χ0n) is 14.4. The van der Waals surface area contributed by atoms with Gasteiger partial charge in [0.25, 0.3) is 0 Å². The molecule has 0 radical (unpaired) electrons. The lowest BCUT2D eigenvalue weighted by atomic mass is 10.1. The topological polar surface area (TPSA) is 39.7 Å². The third-order valence-corrected chi connectivity index (χ3v) is 4.37. The van der Waals surface area contributed by atoms with Crippen LogP contribution in [0.2, 0.25) is 0 Å². The van der Waals surface area contributed by atoms with E-state index in [4.69, 9.17) is 14.2 Å². The lowest BCUT2D eigenvalue weighted by Crippen LogP contribution is -2.14. The largest absolute Gasteiger partial charge is 0.497 e. The van der Waals surface area contributed by atoms with E-state index in [1.165, 1.54) is 5.56 Å². The summed E-state index contributed by atoms with van der Waals surface area (Å²) in [5.74, 6) is 2.42. The van der Waals surface area contributed by atoms with Crippen LogP contribution in [0.5, 0.6) is 17.2 Å². The SMILES string of the molecule is CCCOc1c(OC)ccc(Br)c1CNCc1ccc(OC)cc1. The first-order valence-electron chi connectivity index (χ1n) is 8.01. The molecule has 130 valence electrons. The first kappa shape index (κ1) is 18.6. The molecule has 0 aliphatic rings. The van der Waals surface area contributed by atoms with E-state index >= 15 is 0 Å². The lowest BCUT2D eigenvalue weighted by Gasteiger charge is -2.17. The number of methoxy groups -OCH3 is 2. The van der Waals surface area contributed by atoms with Gasteiger partial charge in [0.05, 0.1) is 20.8 Å². The smallest absolute Gasteiger partial charge is 0.166 e. The molecule has 0 spiro atoms. The van der Waals surface area contributed by atoms with Crippen LogP contribution < -0.4 is 19.5 Å². The van der Waals surface area contributed by atoms with E-state index < -0.39 is 0 Å². The molecule has 0 heterocycles. The van der Waals surface area contributed by atoms with Gasteiger partial charge in [-0.05, 0) is 36.2 Å². The van der Waals surface area contributed by atoms with Crippen molar-refractivity contribution in [1.82, 2.24) is 5.32 Å². The number of hydrogen-bond donors (Lipinski definition) is 1. The van der Waals surface area contributed by atoms with E-state index in [9.17, 15) is 0 Å². The molecule has 0 saturated heterocycles. The van der Waals surface area contributed by atoms with E-state index in [1.807, 2.05) is 24.3 Å². The molecule has 0 aromatic heterocycles. The molecule has 2 rings (SSSR count). The monoisotopic (exact) mass is 393 g/mol. The average molecular weight is 394 g/mol. The first-order chi connectivity index (χ1) is 11.7. The highest BCUT2D eigenvalue weighted by molar-refractivity contribution is 9.10. The van der Waals surface area contributed by atoms with Crippen LogP contribution in [-0.4, -0.2) is 20.8 Å². The Balaban J connectivity index is 2.07. The summed E-state index contributed by atoms with van der Waals surface area (Å²) in [5, 5.41) is 3.46. The van der Waals surface area contributed by atoms with Crippen molar-refractivity contribution < 1.29 is 14.2 Å². The van der Waals surface area contributed by atoms with Crippen LogP contribution in [0.4, 0.5) is 0 Å². The van der Waals surface area contributed by atoms with Crippen molar-refractivity contribution in [3.8, 4) is 17.2 Å². The van der Waals surface area contributed by atoms with E-state index in [0.29, 0.717) is 13.2 Å². The summed E-state index contributed by atoms with van der Waals surface area (Å²) in [4.78, 5) is 0. The van der Waals surface area contributed by atoms with E-state index in [2.05, 4.69) is 40.3 Å². The molecule has 0 saturated carbocycles. The molecule has 5 heteroatoms. The highest BCUT2D eigenvalue weighted by Crippen LogP contribution is 2.36. The molecule has 1 N–H and O–H groups in total. The third kappa shape index (κ3) is 4.89. The second-order valence-electron chi connectivity index (χ2n) is 5.36. The molecule has 0 bridgehead atoms. The van der Waals surface area contributed by atoms with Crippen molar-refractivity contribution in [1.29, 1.82) is 0 Å². The minimum Gasteiger partial charge on any atom is -0.497 e. The summed E-state index contributed by atoms with van der Waals surface area (Å²) in [6.07, 6.45) is 0.953. The fourth-order valence-electron chi connectivity index (χ4n) is 2.35. The van der Waals surface area contributed by atoms with E-state index in [1.54, 1.807) is 14.2 Å². The van der Waals surface area contributed by atoms with Gasteiger partial charge < -0.3 is 19.5 Å². The van der Waals surface area contributed by atoms with Gasteiger partial charge in [0, 0.05) is 23.1 Å². The van der Waals surface area contributed by atoms with Gasteiger partial charge in [0.2, 0.25) is 0 Å². The van der Waals surface area contributed by atoms with Crippen LogP contribution in [0.15, 0.2) is 40.9 Å². The van der Waals surface area contributed by atoms with E-state index in [0.717, 1.165) is 40.3 Å². The van der Waals surface area contributed by atoms with Crippen LogP contribution >= 0.6 is 15.9 Å². The van der Waals surface area contributed by atoms with Gasteiger partial charge in [-0.1, -0.05) is 35.0 Å². The summed E-state index contributed by atoms with van der Waals surface area (Å²) in [6.45, 7) is 4.20. The van der Waals surface area contributed by atoms with Crippen molar-refractivity contribution in [2.75, 3.05) is 20.8 Å². The van der Waals surface area contributed by atoms with Crippen molar-refractivity contribution >= 4 is 15.9 Å². The van der Waals surface area contributed by atoms with Crippen LogP contribution in [0.3, 0.4) is 0 Å². The highest BCUT2D eigenvalue weighted by Gasteiger charge is 2.14. The number of nitrogens with one attached hydrogen (secondary N) is 1. The number of hydrogen-bond acceptors (Lipinski definition) is 4.